The van der Waals surface area contributed by atoms with Gasteiger partial charge in [0.15, 0.2) is 0 Å². The van der Waals surface area contributed by atoms with Crippen LogP contribution in [0.2, 0.25) is 0 Å². The largest absolute Gasteiger partial charge is 0.344 e. The zero-order valence-corrected chi connectivity index (χ0v) is 6.82. The van der Waals surface area contributed by atoms with Crippen molar-refractivity contribution in [3.8, 4) is 0 Å². The van der Waals surface area contributed by atoms with Crippen molar-refractivity contribution in [1.82, 2.24) is 0 Å². The van der Waals surface area contributed by atoms with Gasteiger partial charge in [0.2, 0.25) is 0 Å². The van der Waals surface area contributed by atoms with Crippen LogP contribution in [-0.2, 0) is 4.74 Å². The summed E-state index contributed by atoms with van der Waals surface area (Å²) in [7, 11) is 0. The Morgan fingerprint density at radius 3 is 2.00 bits per heavy atom. The summed E-state index contributed by atoms with van der Waals surface area (Å²) in [4.78, 5) is 0. The number of ether oxygens (including phenoxy) is 1. The summed E-state index contributed by atoms with van der Waals surface area (Å²) < 4.78 is 5.09. The SMILES string of the molecule is CC1CC(Cl)OC(Cl)C1. The monoisotopic (exact) mass is 168 g/mol. The molecule has 0 spiro atoms. The predicted octanol–water partition coefficient (Wildman–Crippen LogP) is 2.56. The van der Waals surface area contributed by atoms with E-state index in [0.717, 1.165) is 12.8 Å². The summed E-state index contributed by atoms with van der Waals surface area (Å²) >= 11 is 11.4. The van der Waals surface area contributed by atoms with E-state index in [1.165, 1.54) is 0 Å². The van der Waals surface area contributed by atoms with Gasteiger partial charge in [0.05, 0.1) is 0 Å². The molecule has 1 aliphatic heterocycles. The van der Waals surface area contributed by atoms with Crippen LogP contribution in [0.15, 0.2) is 0 Å². The summed E-state index contributed by atoms with van der Waals surface area (Å²) in [5, 5.41) is 0. The molecule has 0 aromatic rings. The molecule has 0 aromatic carbocycles. The van der Waals surface area contributed by atoms with Gasteiger partial charge in [0, 0.05) is 0 Å². The number of hydrogen-bond acceptors (Lipinski definition) is 1. The topological polar surface area (TPSA) is 9.23 Å². The first-order chi connectivity index (χ1) is 4.18. The lowest BCUT2D eigenvalue weighted by molar-refractivity contribution is 0.0181. The minimum absolute atomic E-state index is 0.170. The van der Waals surface area contributed by atoms with Gasteiger partial charge in [-0.05, 0) is 18.8 Å². The lowest BCUT2D eigenvalue weighted by Crippen LogP contribution is -2.24. The standard InChI is InChI=1S/C6H10Cl2O/c1-4-2-5(7)9-6(8)3-4/h4-6H,2-3H2,1H3. The molecule has 1 fully saturated rings. The Morgan fingerprint density at radius 2 is 1.67 bits per heavy atom. The Bertz CT molecular complexity index is 72.0. The Morgan fingerprint density at radius 1 is 1.22 bits per heavy atom. The van der Waals surface area contributed by atoms with Crippen molar-refractivity contribution in [3.05, 3.63) is 0 Å². The molecule has 2 unspecified atom stereocenters. The first-order valence-electron chi connectivity index (χ1n) is 3.12. The maximum Gasteiger partial charge on any atom is 0.133 e. The maximum atomic E-state index is 5.70. The molecular weight excluding hydrogens is 159 g/mol. The van der Waals surface area contributed by atoms with Crippen LogP contribution >= 0.6 is 23.2 Å². The molecule has 1 aliphatic rings. The molecule has 0 N–H and O–H groups in total. The maximum absolute atomic E-state index is 5.70. The Kier molecular flexibility index (Phi) is 2.62. The van der Waals surface area contributed by atoms with Gasteiger partial charge in [-0.3, -0.25) is 0 Å². The highest BCUT2D eigenvalue weighted by molar-refractivity contribution is 6.22. The Balaban J connectivity index is 2.34. The van der Waals surface area contributed by atoms with Gasteiger partial charge in [0.25, 0.3) is 0 Å². The fourth-order valence-corrected chi connectivity index (χ4v) is 1.91. The highest BCUT2D eigenvalue weighted by atomic mass is 35.5. The second kappa shape index (κ2) is 3.09. The smallest absolute Gasteiger partial charge is 0.133 e. The van der Waals surface area contributed by atoms with Crippen LogP contribution in [0.4, 0.5) is 0 Å². The second-order valence-electron chi connectivity index (χ2n) is 2.53. The van der Waals surface area contributed by atoms with E-state index in [1.807, 2.05) is 0 Å². The summed E-state index contributed by atoms with van der Waals surface area (Å²) in [6.45, 7) is 2.13. The van der Waals surface area contributed by atoms with Crippen LogP contribution in [0.3, 0.4) is 0 Å². The molecule has 0 aromatic heterocycles. The molecule has 3 heteroatoms. The first kappa shape index (κ1) is 7.64. The van der Waals surface area contributed by atoms with Crippen LogP contribution in [0.5, 0.6) is 0 Å². The summed E-state index contributed by atoms with van der Waals surface area (Å²) in [5.74, 6) is 0.601. The third-order valence-corrected chi connectivity index (χ3v) is 2.03. The molecule has 54 valence electrons. The molecule has 0 aliphatic carbocycles. The van der Waals surface area contributed by atoms with E-state index in [1.54, 1.807) is 0 Å². The average molecular weight is 169 g/mol. The zero-order chi connectivity index (χ0) is 6.85. The van der Waals surface area contributed by atoms with Crippen molar-refractivity contribution in [3.63, 3.8) is 0 Å². The van der Waals surface area contributed by atoms with Gasteiger partial charge in [-0.25, -0.2) is 0 Å². The minimum Gasteiger partial charge on any atom is -0.344 e. The van der Waals surface area contributed by atoms with E-state index in [-0.39, 0.29) is 11.1 Å². The molecule has 1 rings (SSSR count). The quantitative estimate of drug-likeness (QED) is 0.506. The van der Waals surface area contributed by atoms with Crippen LogP contribution in [0, 0.1) is 5.92 Å². The number of alkyl halides is 2. The van der Waals surface area contributed by atoms with Crippen molar-refractivity contribution in [1.29, 1.82) is 0 Å². The van der Waals surface area contributed by atoms with Gasteiger partial charge in [-0.2, -0.15) is 0 Å². The fraction of sp³-hybridized carbons (Fsp3) is 1.00. The summed E-state index contributed by atoms with van der Waals surface area (Å²) in [5.41, 5.74) is -0.340. The molecule has 0 bridgehead atoms. The van der Waals surface area contributed by atoms with Gasteiger partial charge in [-0.1, -0.05) is 30.1 Å². The lowest BCUT2D eigenvalue weighted by Gasteiger charge is -2.26. The van der Waals surface area contributed by atoms with Gasteiger partial charge >= 0.3 is 0 Å². The molecule has 2 atom stereocenters. The van der Waals surface area contributed by atoms with Crippen molar-refractivity contribution >= 4 is 23.2 Å². The van der Waals surface area contributed by atoms with Crippen LogP contribution < -0.4 is 0 Å². The number of rotatable bonds is 0. The summed E-state index contributed by atoms with van der Waals surface area (Å²) in [6, 6.07) is 0. The average Bonchev–Trinajstić information content (AvgIpc) is 1.59. The number of hydrogen-bond donors (Lipinski definition) is 0. The third-order valence-electron chi connectivity index (χ3n) is 1.47. The Hall–Kier alpha value is 0.540. The molecule has 0 saturated carbocycles. The van der Waals surface area contributed by atoms with Crippen molar-refractivity contribution < 1.29 is 4.74 Å². The molecule has 1 saturated heterocycles. The summed E-state index contributed by atoms with van der Waals surface area (Å²) in [6.07, 6.45) is 1.84. The van der Waals surface area contributed by atoms with E-state index < -0.39 is 0 Å². The van der Waals surface area contributed by atoms with Crippen LogP contribution in [-0.4, -0.2) is 11.1 Å². The molecular formula is C6H10Cl2O. The van der Waals surface area contributed by atoms with E-state index in [2.05, 4.69) is 6.92 Å². The van der Waals surface area contributed by atoms with Crippen LogP contribution in [0.25, 0.3) is 0 Å². The lowest BCUT2D eigenvalue weighted by atomic mass is 10.0. The number of halogens is 2. The zero-order valence-electron chi connectivity index (χ0n) is 5.31. The van der Waals surface area contributed by atoms with E-state index in [9.17, 15) is 0 Å². The van der Waals surface area contributed by atoms with Gasteiger partial charge in [0.1, 0.15) is 11.1 Å². The molecule has 1 nitrogen and oxygen atoms in total. The van der Waals surface area contributed by atoms with E-state index >= 15 is 0 Å². The normalized spacial score (nSPS) is 45.0. The molecule has 9 heavy (non-hydrogen) atoms. The van der Waals surface area contributed by atoms with Crippen LogP contribution in [0.1, 0.15) is 19.8 Å². The highest BCUT2D eigenvalue weighted by Gasteiger charge is 2.23. The van der Waals surface area contributed by atoms with Gasteiger partial charge in [-0.15, -0.1) is 0 Å². The Labute approximate surface area is 65.3 Å². The van der Waals surface area contributed by atoms with Crippen molar-refractivity contribution in [2.24, 2.45) is 5.92 Å². The predicted molar refractivity (Wildman–Crippen MR) is 38.8 cm³/mol. The van der Waals surface area contributed by atoms with E-state index in [4.69, 9.17) is 27.9 Å². The fourth-order valence-electron chi connectivity index (χ4n) is 1.00. The van der Waals surface area contributed by atoms with Gasteiger partial charge < -0.3 is 4.74 Å². The molecule has 1 heterocycles. The van der Waals surface area contributed by atoms with E-state index in [0.29, 0.717) is 5.92 Å². The second-order valence-corrected chi connectivity index (χ2v) is 3.51. The van der Waals surface area contributed by atoms with Crippen molar-refractivity contribution in [2.45, 2.75) is 30.9 Å². The third kappa shape index (κ3) is 2.32. The molecule has 0 radical (unpaired) electrons. The molecule has 0 amide bonds. The van der Waals surface area contributed by atoms with Crippen molar-refractivity contribution in [2.75, 3.05) is 0 Å². The first-order valence-corrected chi connectivity index (χ1v) is 3.99. The minimum atomic E-state index is -0.170. The highest BCUT2D eigenvalue weighted by Crippen LogP contribution is 2.27.